The highest BCUT2D eigenvalue weighted by Gasteiger charge is 2.25. The lowest BCUT2D eigenvalue weighted by molar-refractivity contribution is 0.0642. The van der Waals surface area contributed by atoms with Crippen molar-refractivity contribution in [2.24, 2.45) is 0 Å². The molecule has 1 N–H and O–H groups in total. The average Bonchev–Trinajstić information content (AvgIpc) is 2.84. The standard InChI is InChI=1S/C13H21N3O2/c1-11-10-14-5-7-16(11)13(17)12-4-3-6-15(12)8-9-18-2/h3-4,6,11,14H,5,7-10H2,1-2H3/t11-/m0/s1. The van der Waals surface area contributed by atoms with E-state index in [0.29, 0.717) is 13.2 Å². The molecule has 0 aromatic carbocycles. The molecule has 0 aliphatic carbocycles. The Morgan fingerprint density at radius 2 is 2.44 bits per heavy atom. The predicted octanol–water partition coefficient (Wildman–Crippen LogP) is 0.568. The van der Waals surface area contributed by atoms with Crippen molar-refractivity contribution in [1.29, 1.82) is 0 Å². The number of amides is 1. The van der Waals surface area contributed by atoms with Crippen molar-refractivity contribution in [1.82, 2.24) is 14.8 Å². The summed E-state index contributed by atoms with van der Waals surface area (Å²) < 4.78 is 7.02. The number of aromatic nitrogens is 1. The van der Waals surface area contributed by atoms with E-state index in [2.05, 4.69) is 12.2 Å². The summed E-state index contributed by atoms with van der Waals surface area (Å²) in [6.07, 6.45) is 1.93. The Bertz CT molecular complexity index is 403. The highest BCUT2D eigenvalue weighted by molar-refractivity contribution is 5.93. The minimum Gasteiger partial charge on any atom is -0.383 e. The first-order valence-corrected chi connectivity index (χ1v) is 6.40. The van der Waals surface area contributed by atoms with E-state index < -0.39 is 0 Å². The van der Waals surface area contributed by atoms with Crippen molar-refractivity contribution in [2.75, 3.05) is 33.4 Å². The largest absolute Gasteiger partial charge is 0.383 e. The van der Waals surface area contributed by atoms with Crippen LogP contribution in [0.5, 0.6) is 0 Å². The van der Waals surface area contributed by atoms with Crippen LogP contribution in [-0.4, -0.2) is 54.8 Å². The van der Waals surface area contributed by atoms with Gasteiger partial charge in [0.05, 0.1) is 6.61 Å². The fraction of sp³-hybridized carbons (Fsp3) is 0.615. The summed E-state index contributed by atoms with van der Waals surface area (Å²) in [6, 6.07) is 4.04. The fourth-order valence-corrected chi connectivity index (χ4v) is 2.28. The van der Waals surface area contributed by atoms with E-state index in [-0.39, 0.29) is 11.9 Å². The summed E-state index contributed by atoms with van der Waals surface area (Å²) in [7, 11) is 1.67. The molecule has 1 amide bonds. The summed E-state index contributed by atoms with van der Waals surface area (Å²) in [6.45, 7) is 5.92. The second kappa shape index (κ2) is 6.02. The van der Waals surface area contributed by atoms with Gasteiger partial charge in [0.1, 0.15) is 5.69 Å². The minimum atomic E-state index is 0.116. The van der Waals surface area contributed by atoms with E-state index in [4.69, 9.17) is 4.74 Å². The Labute approximate surface area is 108 Å². The molecule has 1 aromatic rings. The van der Waals surface area contributed by atoms with Gasteiger partial charge in [0.2, 0.25) is 0 Å². The van der Waals surface area contributed by atoms with E-state index in [9.17, 15) is 4.79 Å². The van der Waals surface area contributed by atoms with Gasteiger partial charge in [-0.25, -0.2) is 0 Å². The van der Waals surface area contributed by atoms with E-state index in [0.717, 1.165) is 25.3 Å². The molecule has 1 atom stereocenters. The Morgan fingerprint density at radius 3 is 3.17 bits per heavy atom. The number of ether oxygens (including phenoxy) is 1. The van der Waals surface area contributed by atoms with E-state index in [1.54, 1.807) is 7.11 Å². The highest BCUT2D eigenvalue weighted by Crippen LogP contribution is 2.11. The lowest BCUT2D eigenvalue weighted by atomic mass is 10.2. The maximum Gasteiger partial charge on any atom is 0.270 e. The molecule has 0 radical (unpaired) electrons. The van der Waals surface area contributed by atoms with Gasteiger partial charge >= 0.3 is 0 Å². The molecule has 1 aliphatic rings. The summed E-state index contributed by atoms with van der Waals surface area (Å²) in [5.74, 6) is 0.116. The molecular formula is C13H21N3O2. The number of hydrogen-bond acceptors (Lipinski definition) is 3. The quantitative estimate of drug-likeness (QED) is 0.851. The molecule has 0 spiro atoms. The topological polar surface area (TPSA) is 46.5 Å². The Balaban J connectivity index is 2.10. The molecule has 2 rings (SSSR count). The lowest BCUT2D eigenvalue weighted by Crippen LogP contribution is -2.52. The third-order valence-electron chi connectivity index (χ3n) is 3.35. The number of carbonyl (C=O) groups is 1. The van der Waals surface area contributed by atoms with Crippen LogP contribution in [0.3, 0.4) is 0 Å². The first-order chi connectivity index (χ1) is 8.74. The summed E-state index contributed by atoms with van der Waals surface area (Å²) in [5.41, 5.74) is 0.751. The molecule has 1 aliphatic heterocycles. The van der Waals surface area contributed by atoms with Crippen molar-refractivity contribution in [3.63, 3.8) is 0 Å². The Morgan fingerprint density at radius 1 is 1.61 bits per heavy atom. The van der Waals surface area contributed by atoms with Crippen molar-refractivity contribution in [3.8, 4) is 0 Å². The van der Waals surface area contributed by atoms with Crippen molar-refractivity contribution in [3.05, 3.63) is 24.0 Å². The van der Waals surface area contributed by atoms with Crippen molar-refractivity contribution in [2.45, 2.75) is 19.5 Å². The number of hydrogen-bond donors (Lipinski definition) is 1. The van der Waals surface area contributed by atoms with Crippen molar-refractivity contribution >= 4 is 5.91 Å². The molecule has 100 valence electrons. The van der Waals surface area contributed by atoms with E-state index in [1.807, 2.05) is 27.8 Å². The zero-order valence-corrected chi connectivity index (χ0v) is 11.1. The fourth-order valence-electron chi connectivity index (χ4n) is 2.28. The van der Waals surface area contributed by atoms with Crippen molar-refractivity contribution < 1.29 is 9.53 Å². The van der Waals surface area contributed by atoms with Gasteiger partial charge in [-0.3, -0.25) is 4.79 Å². The first kappa shape index (κ1) is 13.1. The zero-order chi connectivity index (χ0) is 13.0. The number of nitrogens with one attached hydrogen (secondary N) is 1. The second-order valence-electron chi connectivity index (χ2n) is 4.63. The SMILES string of the molecule is COCCn1cccc1C(=O)N1CCNC[C@@H]1C. The number of nitrogens with zero attached hydrogens (tertiary/aromatic N) is 2. The van der Waals surface area contributed by atoms with Gasteiger partial charge in [0.25, 0.3) is 5.91 Å². The van der Waals surface area contributed by atoms with E-state index in [1.165, 1.54) is 0 Å². The highest BCUT2D eigenvalue weighted by atomic mass is 16.5. The Kier molecular flexibility index (Phi) is 4.38. The van der Waals surface area contributed by atoms with Gasteiger partial charge in [-0.2, -0.15) is 0 Å². The molecule has 0 saturated carbocycles. The minimum absolute atomic E-state index is 0.116. The molecule has 0 unspecified atom stereocenters. The normalized spacial score (nSPS) is 20.1. The van der Waals surface area contributed by atoms with Crippen LogP contribution in [-0.2, 0) is 11.3 Å². The zero-order valence-electron chi connectivity index (χ0n) is 11.1. The number of piperazine rings is 1. The van der Waals surface area contributed by atoms with Crippen LogP contribution in [0.15, 0.2) is 18.3 Å². The van der Waals surface area contributed by atoms with E-state index >= 15 is 0 Å². The number of methoxy groups -OCH3 is 1. The predicted molar refractivity (Wildman–Crippen MR) is 69.7 cm³/mol. The maximum absolute atomic E-state index is 12.5. The van der Waals surface area contributed by atoms with Gasteiger partial charge in [-0.1, -0.05) is 0 Å². The molecule has 5 heteroatoms. The number of carbonyl (C=O) groups excluding carboxylic acids is 1. The Hall–Kier alpha value is -1.33. The molecule has 1 aromatic heterocycles. The average molecular weight is 251 g/mol. The molecule has 18 heavy (non-hydrogen) atoms. The van der Waals surface area contributed by atoms with Crippen LogP contribution in [0.1, 0.15) is 17.4 Å². The maximum atomic E-state index is 12.5. The van der Waals surface area contributed by atoms with Gasteiger partial charge in [0, 0.05) is 45.5 Å². The van der Waals surface area contributed by atoms with Crippen LogP contribution < -0.4 is 5.32 Å². The first-order valence-electron chi connectivity index (χ1n) is 6.40. The van der Waals surface area contributed by atoms with Crippen LogP contribution in [0.25, 0.3) is 0 Å². The molecule has 5 nitrogen and oxygen atoms in total. The summed E-state index contributed by atoms with van der Waals surface area (Å²) in [4.78, 5) is 14.4. The van der Waals surface area contributed by atoms with Crippen LogP contribution >= 0.6 is 0 Å². The van der Waals surface area contributed by atoms with Gasteiger partial charge in [0.15, 0.2) is 0 Å². The van der Waals surface area contributed by atoms with Crippen LogP contribution in [0.4, 0.5) is 0 Å². The van der Waals surface area contributed by atoms with Gasteiger partial charge < -0.3 is 19.5 Å². The molecule has 1 saturated heterocycles. The lowest BCUT2D eigenvalue weighted by Gasteiger charge is -2.34. The van der Waals surface area contributed by atoms with Gasteiger partial charge in [-0.15, -0.1) is 0 Å². The summed E-state index contributed by atoms with van der Waals surface area (Å²) >= 11 is 0. The monoisotopic (exact) mass is 251 g/mol. The second-order valence-corrected chi connectivity index (χ2v) is 4.63. The third-order valence-corrected chi connectivity index (χ3v) is 3.35. The number of rotatable bonds is 4. The molecule has 0 bridgehead atoms. The molecular weight excluding hydrogens is 230 g/mol. The smallest absolute Gasteiger partial charge is 0.270 e. The molecule has 2 heterocycles. The van der Waals surface area contributed by atoms with Crippen LogP contribution in [0.2, 0.25) is 0 Å². The van der Waals surface area contributed by atoms with Crippen LogP contribution in [0, 0.1) is 0 Å². The summed E-state index contributed by atoms with van der Waals surface area (Å²) in [5, 5.41) is 3.29. The molecule has 1 fully saturated rings. The third kappa shape index (κ3) is 2.73. The van der Waals surface area contributed by atoms with Gasteiger partial charge in [-0.05, 0) is 19.1 Å².